The van der Waals surface area contributed by atoms with E-state index in [1.807, 2.05) is 36.4 Å². The van der Waals surface area contributed by atoms with Gasteiger partial charge >= 0.3 is 0 Å². The van der Waals surface area contributed by atoms with Crippen LogP contribution in [0.15, 0.2) is 36.4 Å². The summed E-state index contributed by atoms with van der Waals surface area (Å²) < 4.78 is 5.87. The van der Waals surface area contributed by atoms with Crippen LogP contribution in [0.2, 0.25) is 10.0 Å². The zero-order chi connectivity index (χ0) is 16.9. The van der Waals surface area contributed by atoms with Gasteiger partial charge in [0.1, 0.15) is 17.6 Å². The highest BCUT2D eigenvalue weighted by atomic mass is 35.5. The Morgan fingerprint density at radius 1 is 1.21 bits per heavy atom. The van der Waals surface area contributed by atoms with Crippen molar-refractivity contribution in [3.05, 3.63) is 52.1 Å². The molecule has 0 N–H and O–H groups in total. The first kappa shape index (κ1) is 16.9. The van der Waals surface area contributed by atoms with E-state index in [-0.39, 0.29) is 5.69 Å². The summed E-state index contributed by atoms with van der Waals surface area (Å²) in [7, 11) is 0. The Kier molecular flexibility index (Phi) is 5.44. The molecule has 0 bridgehead atoms. The summed E-state index contributed by atoms with van der Waals surface area (Å²) >= 11 is 12.1. The number of piperidine rings is 1. The first-order chi connectivity index (χ1) is 11.7. The molecule has 4 nitrogen and oxygen atoms in total. The molecule has 24 heavy (non-hydrogen) atoms. The molecule has 1 saturated heterocycles. The molecular formula is C18H17Cl2N3O. The van der Waals surface area contributed by atoms with Crippen LogP contribution >= 0.6 is 23.2 Å². The maximum Gasteiger partial charge on any atom is 0.161 e. The van der Waals surface area contributed by atoms with Crippen molar-refractivity contribution in [3.8, 4) is 11.8 Å². The number of aromatic nitrogens is 1. The Morgan fingerprint density at radius 2 is 2.04 bits per heavy atom. The molecule has 0 saturated carbocycles. The lowest BCUT2D eigenvalue weighted by Gasteiger charge is -2.33. The fraction of sp³-hybridized carbons (Fsp3) is 0.333. The van der Waals surface area contributed by atoms with Crippen LogP contribution in [0, 0.1) is 17.2 Å². The Bertz CT molecular complexity index is 760. The number of nitrogens with zero attached hydrogens (tertiary/aromatic N) is 3. The fourth-order valence-corrected chi connectivity index (χ4v) is 3.20. The van der Waals surface area contributed by atoms with Crippen LogP contribution in [-0.2, 0) is 0 Å². The van der Waals surface area contributed by atoms with E-state index in [0.29, 0.717) is 28.3 Å². The average molecular weight is 362 g/mol. The van der Waals surface area contributed by atoms with Crippen LogP contribution < -0.4 is 9.64 Å². The largest absolute Gasteiger partial charge is 0.492 e. The van der Waals surface area contributed by atoms with E-state index >= 15 is 0 Å². The van der Waals surface area contributed by atoms with Gasteiger partial charge in [0.2, 0.25) is 0 Å². The third-order valence-corrected chi connectivity index (χ3v) is 4.71. The van der Waals surface area contributed by atoms with Gasteiger partial charge in [0.15, 0.2) is 5.69 Å². The zero-order valence-corrected chi connectivity index (χ0v) is 14.6. The van der Waals surface area contributed by atoms with Crippen LogP contribution in [0.4, 0.5) is 5.82 Å². The second-order valence-corrected chi connectivity index (χ2v) is 6.62. The Balaban J connectivity index is 1.64. The predicted octanol–water partition coefficient (Wildman–Crippen LogP) is 4.56. The Labute approximate surface area is 151 Å². The molecule has 1 aromatic carbocycles. The standard InChI is InChI=1S/C18H17Cl2N3O/c19-14-7-8-18(22-16(14)10-21)23-9-3-4-13(11-23)12-24-17-6-2-1-5-15(17)20/h1-2,5-8,13H,3-4,9,11-12H2. The number of hydrogen-bond donors (Lipinski definition) is 0. The summed E-state index contributed by atoms with van der Waals surface area (Å²) in [4.78, 5) is 6.53. The van der Waals surface area contributed by atoms with Crippen LogP contribution in [0.25, 0.3) is 0 Å². The van der Waals surface area contributed by atoms with E-state index in [1.54, 1.807) is 6.07 Å². The number of anilines is 1. The highest BCUT2D eigenvalue weighted by molar-refractivity contribution is 6.32. The van der Waals surface area contributed by atoms with E-state index < -0.39 is 0 Å². The molecular weight excluding hydrogens is 345 g/mol. The number of rotatable bonds is 4. The molecule has 2 aromatic rings. The summed E-state index contributed by atoms with van der Waals surface area (Å²) in [6.07, 6.45) is 2.16. The number of hydrogen-bond acceptors (Lipinski definition) is 4. The quantitative estimate of drug-likeness (QED) is 0.800. The summed E-state index contributed by atoms with van der Waals surface area (Å²) in [6.45, 7) is 2.37. The van der Waals surface area contributed by atoms with E-state index in [2.05, 4.69) is 9.88 Å². The molecule has 6 heteroatoms. The van der Waals surface area contributed by atoms with Crippen molar-refractivity contribution in [2.75, 3.05) is 24.6 Å². The monoisotopic (exact) mass is 361 g/mol. The van der Waals surface area contributed by atoms with Crippen molar-refractivity contribution in [3.63, 3.8) is 0 Å². The summed E-state index contributed by atoms with van der Waals surface area (Å²) in [5, 5.41) is 10.1. The number of halogens is 2. The molecule has 1 aliphatic heterocycles. The van der Waals surface area contributed by atoms with Gasteiger partial charge in [-0.2, -0.15) is 5.26 Å². The van der Waals surface area contributed by atoms with Crippen molar-refractivity contribution < 1.29 is 4.74 Å². The smallest absolute Gasteiger partial charge is 0.161 e. The summed E-state index contributed by atoms with van der Waals surface area (Å²) in [6, 6.07) is 13.1. The predicted molar refractivity (Wildman–Crippen MR) is 95.8 cm³/mol. The molecule has 1 unspecified atom stereocenters. The zero-order valence-electron chi connectivity index (χ0n) is 13.1. The minimum absolute atomic E-state index is 0.267. The van der Waals surface area contributed by atoms with E-state index in [9.17, 15) is 0 Å². The molecule has 3 rings (SSSR count). The van der Waals surface area contributed by atoms with Crippen molar-refractivity contribution in [1.82, 2.24) is 4.98 Å². The lowest BCUT2D eigenvalue weighted by Crippen LogP contribution is -2.38. The third kappa shape index (κ3) is 3.92. The molecule has 1 fully saturated rings. The highest BCUT2D eigenvalue weighted by Crippen LogP contribution is 2.27. The maximum atomic E-state index is 9.08. The molecule has 1 aliphatic rings. The van der Waals surface area contributed by atoms with Crippen LogP contribution in [0.3, 0.4) is 0 Å². The van der Waals surface area contributed by atoms with Crippen LogP contribution in [0.5, 0.6) is 5.75 Å². The molecule has 1 aromatic heterocycles. The number of pyridine rings is 1. The SMILES string of the molecule is N#Cc1nc(N2CCCC(COc3ccccc3Cl)C2)ccc1Cl. The maximum absolute atomic E-state index is 9.08. The van der Waals surface area contributed by atoms with Crippen LogP contribution in [0.1, 0.15) is 18.5 Å². The first-order valence-corrected chi connectivity index (χ1v) is 8.62. The molecule has 2 heterocycles. The highest BCUT2D eigenvalue weighted by Gasteiger charge is 2.22. The second kappa shape index (κ2) is 7.74. The molecule has 0 radical (unpaired) electrons. The van der Waals surface area contributed by atoms with Gasteiger partial charge in [-0.3, -0.25) is 0 Å². The van der Waals surface area contributed by atoms with E-state index in [0.717, 1.165) is 31.7 Å². The molecule has 124 valence electrons. The minimum Gasteiger partial charge on any atom is -0.492 e. The third-order valence-electron chi connectivity index (χ3n) is 4.09. The molecule has 0 amide bonds. The van der Waals surface area contributed by atoms with Crippen molar-refractivity contribution >= 4 is 29.0 Å². The normalized spacial score (nSPS) is 17.4. The number of ether oxygens (including phenoxy) is 1. The van der Waals surface area contributed by atoms with Crippen molar-refractivity contribution in [2.24, 2.45) is 5.92 Å². The number of benzene rings is 1. The second-order valence-electron chi connectivity index (χ2n) is 5.81. The van der Waals surface area contributed by atoms with E-state index in [4.69, 9.17) is 33.2 Å². The Hall–Kier alpha value is -1.96. The van der Waals surface area contributed by atoms with Gasteiger partial charge in [0.25, 0.3) is 0 Å². The topological polar surface area (TPSA) is 49.2 Å². The lowest BCUT2D eigenvalue weighted by atomic mass is 9.99. The first-order valence-electron chi connectivity index (χ1n) is 7.86. The fourth-order valence-electron chi connectivity index (χ4n) is 2.86. The summed E-state index contributed by atoms with van der Waals surface area (Å²) in [5.41, 5.74) is 0.267. The van der Waals surface area contributed by atoms with E-state index in [1.165, 1.54) is 0 Å². The molecule has 0 spiro atoms. The van der Waals surface area contributed by atoms with Crippen molar-refractivity contribution in [2.45, 2.75) is 12.8 Å². The Morgan fingerprint density at radius 3 is 2.83 bits per heavy atom. The number of para-hydroxylation sites is 1. The van der Waals surface area contributed by atoms with Gasteiger partial charge in [-0.05, 0) is 37.1 Å². The van der Waals surface area contributed by atoms with Gasteiger partial charge in [-0.1, -0.05) is 35.3 Å². The average Bonchev–Trinajstić information content (AvgIpc) is 2.62. The van der Waals surface area contributed by atoms with Gasteiger partial charge in [0, 0.05) is 19.0 Å². The van der Waals surface area contributed by atoms with Gasteiger partial charge in [0.05, 0.1) is 16.7 Å². The van der Waals surface area contributed by atoms with Gasteiger partial charge in [-0.25, -0.2) is 4.98 Å². The molecule has 0 aliphatic carbocycles. The van der Waals surface area contributed by atoms with Crippen LogP contribution in [-0.4, -0.2) is 24.7 Å². The summed E-state index contributed by atoms with van der Waals surface area (Å²) in [5.74, 6) is 1.89. The van der Waals surface area contributed by atoms with Crippen molar-refractivity contribution in [1.29, 1.82) is 5.26 Å². The lowest BCUT2D eigenvalue weighted by molar-refractivity contribution is 0.228. The van der Waals surface area contributed by atoms with Gasteiger partial charge < -0.3 is 9.64 Å². The number of nitriles is 1. The minimum atomic E-state index is 0.267. The van der Waals surface area contributed by atoms with Gasteiger partial charge in [-0.15, -0.1) is 0 Å². The molecule has 1 atom stereocenters.